The summed E-state index contributed by atoms with van der Waals surface area (Å²) in [6.45, 7) is 1.94. The van der Waals surface area contributed by atoms with Crippen molar-refractivity contribution in [3.05, 3.63) is 65.2 Å². The standard InChI is InChI=1S/C19H22N2O/c1-13-10-11-15(20)12-17(13)19(22)21-18-9-5-8-16(18)14-6-3-2-4-7-14/h2-4,6-7,10-12,16,18H,5,8-9,20H2,1H3,(H,21,22). The number of aryl methyl sites for hydroxylation is 1. The quantitative estimate of drug-likeness (QED) is 0.849. The summed E-state index contributed by atoms with van der Waals surface area (Å²) in [5, 5.41) is 3.22. The summed E-state index contributed by atoms with van der Waals surface area (Å²) in [6, 6.07) is 16.2. The van der Waals surface area contributed by atoms with Gasteiger partial charge in [-0.2, -0.15) is 0 Å². The first-order chi connectivity index (χ1) is 10.6. The van der Waals surface area contributed by atoms with Gasteiger partial charge in [0.1, 0.15) is 0 Å². The Morgan fingerprint density at radius 2 is 1.91 bits per heavy atom. The zero-order valence-corrected chi connectivity index (χ0v) is 12.9. The summed E-state index contributed by atoms with van der Waals surface area (Å²) in [5.41, 5.74) is 9.39. The molecule has 2 atom stereocenters. The van der Waals surface area contributed by atoms with Gasteiger partial charge < -0.3 is 11.1 Å². The van der Waals surface area contributed by atoms with Crippen LogP contribution < -0.4 is 11.1 Å². The summed E-state index contributed by atoms with van der Waals surface area (Å²) in [7, 11) is 0. The fraction of sp³-hybridized carbons (Fsp3) is 0.316. The maximum Gasteiger partial charge on any atom is 0.251 e. The Morgan fingerprint density at radius 3 is 2.68 bits per heavy atom. The van der Waals surface area contributed by atoms with Crippen molar-refractivity contribution in [2.24, 2.45) is 0 Å². The van der Waals surface area contributed by atoms with Crippen molar-refractivity contribution in [2.75, 3.05) is 5.73 Å². The van der Waals surface area contributed by atoms with E-state index in [1.807, 2.05) is 25.1 Å². The molecule has 0 radical (unpaired) electrons. The molecule has 0 saturated heterocycles. The van der Waals surface area contributed by atoms with E-state index in [1.165, 1.54) is 5.56 Å². The highest BCUT2D eigenvalue weighted by atomic mass is 16.1. The number of carbonyl (C=O) groups is 1. The number of carbonyl (C=O) groups excluding carboxylic acids is 1. The van der Waals surface area contributed by atoms with Crippen LogP contribution in [0.3, 0.4) is 0 Å². The molecule has 0 aliphatic heterocycles. The van der Waals surface area contributed by atoms with Crippen molar-refractivity contribution in [1.82, 2.24) is 5.32 Å². The molecule has 3 heteroatoms. The van der Waals surface area contributed by atoms with Crippen LogP contribution in [0.2, 0.25) is 0 Å². The number of hydrogen-bond acceptors (Lipinski definition) is 2. The van der Waals surface area contributed by atoms with E-state index in [0.29, 0.717) is 17.2 Å². The minimum Gasteiger partial charge on any atom is -0.399 e. The van der Waals surface area contributed by atoms with Crippen LogP contribution >= 0.6 is 0 Å². The van der Waals surface area contributed by atoms with Crippen LogP contribution in [0.15, 0.2) is 48.5 Å². The van der Waals surface area contributed by atoms with Gasteiger partial charge in [-0.3, -0.25) is 4.79 Å². The predicted octanol–water partition coefficient (Wildman–Crippen LogP) is 3.64. The summed E-state index contributed by atoms with van der Waals surface area (Å²) >= 11 is 0. The topological polar surface area (TPSA) is 55.1 Å². The van der Waals surface area contributed by atoms with Gasteiger partial charge in [0, 0.05) is 23.2 Å². The largest absolute Gasteiger partial charge is 0.399 e. The molecule has 2 aromatic rings. The number of rotatable bonds is 3. The van der Waals surface area contributed by atoms with Crippen molar-refractivity contribution in [3.8, 4) is 0 Å². The molecular weight excluding hydrogens is 272 g/mol. The Morgan fingerprint density at radius 1 is 1.14 bits per heavy atom. The molecule has 3 rings (SSSR count). The van der Waals surface area contributed by atoms with E-state index in [4.69, 9.17) is 5.73 Å². The van der Waals surface area contributed by atoms with Crippen molar-refractivity contribution in [1.29, 1.82) is 0 Å². The molecular formula is C19H22N2O. The minimum absolute atomic E-state index is 0.0161. The van der Waals surface area contributed by atoms with Gasteiger partial charge in [-0.15, -0.1) is 0 Å². The van der Waals surface area contributed by atoms with Gasteiger partial charge in [0.25, 0.3) is 5.91 Å². The number of nitrogens with one attached hydrogen (secondary N) is 1. The molecule has 3 nitrogen and oxygen atoms in total. The first kappa shape index (κ1) is 14.6. The maximum atomic E-state index is 12.6. The normalized spacial score (nSPS) is 20.8. The number of benzene rings is 2. The highest BCUT2D eigenvalue weighted by Crippen LogP contribution is 2.34. The summed E-state index contributed by atoms with van der Waals surface area (Å²) in [4.78, 5) is 12.6. The van der Waals surface area contributed by atoms with Crippen LogP contribution in [0.5, 0.6) is 0 Å². The Labute approximate surface area is 131 Å². The number of anilines is 1. The van der Waals surface area contributed by atoms with Gasteiger partial charge in [-0.1, -0.05) is 42.8 Å². The van der Waals surface area contributed by atoms with Gasteiger partial charge in [0.2, 0.25) is 0 Å². The zero-order valence-electron chi connectivity index (χ0n) is 12.9. The average molecular weight is 294 g/mol. The molecule has 1 fully saturated rings. The fourth-order valence-electron chi connectivity index (χ4n) is 3.36. The van der Waals surface area contributed by atoms with Crippen LogP contribution in [0.1, 0.15) is 46.7 Å². The molecule has 0 aromatic heterocycles. The number of hydrogen-bond donors (Lipinski definition) is 2. The molecule has 2 aromatic carbocycles. The van der Waals surface area contributed by atoms with Crippen molar-refractivity contribution >= 4 is 11.6 Å². The SMILES string of the molecule is Cc1ccc(N)cc1C(=O)NC1CCCC1c1ccccc1. The molecule has 0 spiro atoms. The number of nitrogens with two attached hydrogens (primary N) is 1. The second-order valence-corrected chi connectivity index (χ2v) is 6.10. The molecule has 2 unspecified atom stereocenters. The molecule has 0 heterocycles. The molecule has 3 N–H and O–H groups in total. The van der Waals surface area contributed by atoms with E-state index in [2.05, 4.69) is 29.6 Å². The molecule has 1 saturated carbocycles. The second kappa shape index (κ2) is 6.22. The minimum atomic E-state index is -0.0161. The molecule has 0 bridgehead atoms. The van der Waals surface area contributed by atoms with Crippen molar-refractivity contribution < 1.29 is 4.79 Å². The first-order valence-corrected chi connectivity index (χ1v) is 7.87. The van der Waals surface area contributed by atoms with Gasteiger partial charge in [-0.25, -0.2) is 0 Å². The average Bonchev–Trinajstić information content (AvgIpc) is 2.98. The third-order valence-corrected chi connectivity index (χ3v) is 4.57. The Balaban J connectivity index is 1.77. The number of amides is 1. The van der Waals surface area contributed by atoms with Crippen LogP contribution in [0.4, 0.5) is 5.69 Å². The fourth-order valence-corrected chi connectivity index (χ4v) is 3.36. The van der Waals surface area contributed by atoms with Gasteiger partial charge in [0.15, 0.2) is 0 Å². The van der Waals surface area contributed by atoms with Crippen LogP contribution in [-0.2, 0) is 0 Å². The van der Waals surface area contributed by atoms with Gasteiger partial charge >= 0.3 is 0 Å². The van der Waals surface area contributed by atoms with E-state index < -0.39 is 0 Å². The lowest BCUT2D eigenvalue weighted by atomic mass is 9.94. The highest BCUT2D eigenvalue weighted by molar-refractivity contribution is 5.96. The zero-order chi connectivity index (χ0) is 15.5. The first-order valence-electron chi connectivity index (χ1n) is 7.87. The Bertz CT molecular complexity index is 666. The maximum absolute atomic E-state index is 12.6. The van der Waals surface area contributed by atoms with Crippen molar-refractivity contribution in [2.45, 2.75) is 38.1 Å². The molecule has 1 amide bonds. The lowest BCUT2D eigenvalue weighted by Gasteiger charge is -2.22. The van der Waals surface area contributed by atoms with Crippen LogP contribution in [0, 0.1) is 6.92 Å². The van der Waals surface area contributed by atoms with Gasteiger partial charge in [-0.05, 0) is 43.0 Å². The number of nitrogen functional groups attached to an aromatic ring is 1. The van der Waals surface area contributed by atoms with E-state index in [0.717, 1.165) is 24.8 Å². The van der Waals surface area contributed by atoms with E-state index in [1.54, 1.807) is 6.07 Å². The van der Waals surface area contributed by atoms with Crippen LogP contribution in [-0.4, -0.2) is 11.9 Å². The van der Waals surface area contributed by atoms with E-state index in [-0.39, 0.29) is 11.9 Å². The Hall–Kier alpha value is -2.29. The molecule has 114 valence electrons. The highest BCUT2D eigenvalue weighted by Gasteiger charge is 2.30. The summed E-state index contributed by atoms with van der Waals surface area (Å²) < 4.78 is 0. The van der Waals surface area contributed by atoms with Crippen molar-refractivity contribution in [3.63, 3.8) is 0 Å². The van der Waals surface area contributed by atoms with E-state index >= 15 is 0 Å². The van der Waals surface area contributed by atoms with E-state index in [9.17, 15) is 4.79 Å². The van der Waals surface area contributed by atoms with Crippen LogP contribution in [0.25, 0.3) is 0 Å². The summed E-state index contributed by atoms with van der Waals surface area (Å²) in [6.07, 6.45) is 3.32. The third kappa shape index (κ3) is 2.98. The monoisotopic (exact) mass is 294 g/mol. The molecule has 1 aliphatic carbocycles. The molecule has 22 heavy (non-hydrogen) atoms. The van der Waals surface area contributed by atoms with Gasteiger partial charge in [0.05, 0.1) is 0 Å². The molecule has 1 aliphatic rings. The summed E-state index contributed by atoms with van der Waals surface area (Å²) in [5.74, 6) is 0.393. The third-order valence-electron chi connectivity index (χ3n) is 4.57. The smallest absolute Gasteiger partial charge is 0.251 e. The lowest BCUT2D eigenvalue weighted by molar-refractivity contribution is 0.0934. The lowest BCUT2D eigenvalue weighted by Crippen LogP contribution is -2.36. The Kier molecular flexibility index (Phi) is 4.14. The predicted molar refractivity (Wildman–Crippen MR) is 89.9 cm³/mol. The second-order valence-electron chi connectivity index (χ2n) is 6.10.